The third-order valence-electron chi connectivity index (χ3n) is 1.61. The molecule has 0 unspecified atom stereocenters. The summed E-state index contributed by atoms with van der Waals surface area (Å²) in [7, 11) is 1.44. The molecule has 0 spiro atoms. The number of carboxylic acid groups (broad SMARTS) is 1. The number of pyridine rings is 1. The molecule has 84 valence electrons. The van der Waals surface area contributed by atoms with Crippen molar-refractivity contribution < 1.29 is 19.4 Å². The van der Waals surface area contributed by atoms with Gasteiger partial charge in [0.2, 0.25) is 5.91 Å². The molecule has 6 heteroatoms. The lowest BCUT2D eigenvalue weighted by molar-refractivity contribution is -0.131. The maximum absolute atomic E-state index is 11.2. The zero-order valence-corrected chi connectivity index (χ0v) is 8.51. The first-order valence-electron chi connectivity index (χ1n) is 4.34. The third-order valence-corrected chi connectivity index (χ3v) is 1.61. The van der Waals surface area contributed by atoms with E-state index in [0.29, 0.717) is 5.75 Å². The molecular formula is C10H10N2O4. The van der Waals surface area contributed by atoms with Crippen molar-refractivity contribution in [3.05, 3.63) is 30.5 Å². The second-order valence-electron chi connectivity index (χ2n) is 2.72. The number of carbonyl (C=O) groups is 2. The molecule has 0 saturated heterocycles. The van der Waals surface area contributed by atoms with Crippen molar-refractivity contribution in [1.29, 1.82) is 0 Å². The highest BCUT2D eigenvalue weighted by Gasteiger charge is 2.05. The van der Waals surface area contributed by atoms with Crippen LogP contribution in [-0.2, 0) is 9.59 Å². The lowest BCUT2D eigenvalue weighted by atomic mass is 10.4. The normalized spacial score (nSPS) is 10.1. The Labute approximate surface area is 91.6 Å². The second-order valence-corrected chi connectivity index (χ2v) is 2.72. The summed E-state index contributed by atoms with van der Waals surface area (Å²) in [5.74, 6) is -1.13. The summed E-state index contributed by atoms with van der Waals surface area (Å²) in [5, 5.41) is 10.7. The van der Waals surface area contributed by atoms with Gasteiger partial charge in [-0.2, -0.15) is 0 Å². The van der Waals surface area contributed by atoms with Crippen LogP contribution in [0, 0.1) is 0 Å². The highest BCUT2D eigenvalue weighted by atomic mass is 16.5. The van der Waals surface area contributed by atoms with Gasteiger partial charge in [0.1, 0.15) is 0 Å². The molecule has 0 aliphatic heterocycles. The van der Waals surface area contributed by atoms with Crippen molar-refractivity contribution in [2.45, 2.75) is 0 Å². The maximum atomic E-state index is 11.2. The van der Waals surface area contributed by atoms with Gasteiger partial charge >= 0.3 is 5.97 Å². The molecule has 1 aromatic rings. The first-order valence-corrected chi connectivity index (χ1v) is 4.34. The van der Waals surface area contributed by atoms with E-state index in [1.165, 1.54) is 13.3 Å². The number of carbonyl (C=O) groups excluding carboxylic acids is 1. The van der Waals surface area contributed by atoms with Gasteiger partial charge in [-0.25, -0.2) is 9.78 Å². The summed E-state index contributed by atoms with van der Waals surface area (Å²) in [6.07, 6.45) is 3.13. The van der Waals surface area contributed by atoms with Gasteiger partial charge in [0.05, 0.1) is 7.11 Å². The third kappa shape index (κ3) is 3.41. The highest BCUT2D eigenvalue weighted by molar-refractivity contribution is 6.02. The van der Waals surface area contributed by atoms with Crippen LogP contribution in [0.4, 0.5) is 5.82 Å². The molecule has 0 radical (unpaired) electrons. The minimum Gasteiger partial charge on any atom is -0.493 e. The fourth-order valence-electron chi connectivity index (χ4n) is 0.954. The molecule has 0 bridgehead atoms. The topological polar surface area (TPSA) is 88.5 Å². The Morgan fingerprint density at radius 1 is 1.50 bits per heavy atom. The van der Waals surface area contributed by atoms with Crippen molar-refractivity contribution in [3.8, 4) is 5.75 Å². The molecular weight excluding hydrogens is 212 g/mol. The molecule has 1 rings (SSSR count). The number of amides is 1. The Bertz CT molecular complexity index is 429. The fraction of sp³-hybridized carbons (Fsp3) is 0.100. The monoisotopic (exact) mass is 222 g/mol. The smallest absolute Gasteiger partial charge is 0.328 e. The van der Waals surface area contributed by atoms with E-state index in [9.17, 15) is 9.59 Å². The molecule has 1 amide bonds. The molecule has 2 N–H and O–H groups in total. The highest BCUT2D eigenvalue weighted by Crippen LogP contribution is 2.19. The van der Waals surface area contributed by atoms with Crippen molar-refractivity contribution >= 4 is 17.7 Å². The van der Waals surface area contributed by atoms with Crippen molar-refractivity contribution in [2.24, 2.45) is 0 Å². The van der Waals surface area contributed by atoms with E-state index < -0.39 is 11.9 Å². The van der Waals surface area contributed by atoms with Gasteiger partial charge in [-0.15, -0.1) is 0 Å². The Kier molecular flexibility index (Phi) is 4.02. The minimum absolute atomic E-state index is 0.241. The summed E-state index contributed by atoms with van der Waals surface area (Å²) in [4.78, 5) is 25.3. The molecule has 0 aliphatic rings. The molecule has 0 saturated carbocycles. The number of aromatic nitrogens is 1. The summed E-state index contributed by atoms with van der Waals surface area (Å²) in [5.41, 5.74) is 0. The Hall–Kier alpha value is -2.37. The average Bonchev–Trinajstić information content (AvgIpc) is 2.27. The summed E-state index contributed by atoms with van der Waals surface area (Å²) < 4.78 is 4.95. The first-order chi connectivity index (χ1) is 7.63. The number of hydrogen-bond acceptors (Lipinski definition) is 4. The molecule has 0 aromatic carbocycles. The Balaban J connectivity index is 2.73. The van der Waals surface area contributed by atoms with Crippen LogP contribution in [0.25, 0.3) is 0 Å². The standard InChI is InChI=1S/C10H10N2O4/c1-16-7-3-2-6-11-10(7)12-8(13)4-5-9(14)15/h2-6H,1H3,(H,14,15)(H,11,12,13)/b5-4+. The number of nitrogens with one attached hydrogen (secondary N) is 1. The van der Waals surface area contributed by atoms with E-state index >= 15 is 0 Å². The number of aliphatic carboxylic acids is 1. The van der Waals surface area contributed by atoms with Gasteiger partial charge in [-0.1, -0.05) is 0 Å². The molecule has 0 atom stereocenters. The molecule has 16 heavy (non-hydrogen) atoms. The number of hydrogen-bond donors (Lipinski definition) is 2. The maximum Gasteiger partial charge on any atom is 0.328 e. The van der Waals surface area contributed by atoms with E-state index in [0.717, 1.165) is 12.2 Å². The van der Waals surface area contributed by atoms with Crippen molar-refractivity contribution in [2.75, 3.05) is 12.4 Å². The zero-order valence-electron chi connectivity index (χ0n) is 8.51. The summed E-state index contributed by atoms with van der Waals surface area (Å²) in [6, 6.07) is 3.28. The van der Waals surface area contributed by atoms with Crippen LogP contribution in [0.15, 0.2) is 30.5 Å². The first kappa shape index (κ1) is 11.7. The second kappa shape index (κ2) is 5.50. The average molecular weight is 222 g/mol. The van der Waals surface area contributed by atoms with E-state index in [4.69, 9.17) is 9.84 Å². The van der Waals surface area contributed by atoms with E-state index in [2.05, 4.69) is 10.3 Å². The van der Waals surface area contributed by atoms with Crippen LogP contribution in [0.5, 0.6) is 5.75 Å². The lowest BCUT2D eigenvalue weighted by Gasteiger charge is -2.06. The molecule has 1 heterocycles. The number of rotatable bonds is 4. The molecule has 1 aromatic heterocycles. The van der Waals surface area contributed by atoms with E-state index in [-0.39, 0.29) is 5.82 Å². The van der Waals surface area contributed by atoms with Crippen LogP contribution in [0.3, 0.4) is 0 Å². The number of carboxylic acids is 1. The Morgan fingerprint density at radius 3 is 2.88 bits per heavy atom. The van der Waals surface area contributed by atoms with Crippen LogP contribution in [-0.4, -0.2) is 29.1 Å². The van der Waals surface area contributed by atoms with Crippen molar-refractivity contribution in [3.63, 3.8) is 0 Å². The fourth-order valence-corrected chi connectivity index (χ4v) is 0.954. The number of anilines is 1. The largest absolute Gasteiger partial charge is 0.493 e. The predicted molar refractivity (Wildman–Crippen MR) is 56.2 cm³/mol. The van der Waals surface area contributed by atoms with Gasteiger partial charge in [0, 0.05) is 18.3 Å². The van der Waals surface area contributed by atoms with E-state index in [1.54, 1.807) is 12.1 Å². The van der Waals surface area contributed by atoms with Crippen LogP contribution in [0.1, 0.15) is 0 Å². The molecule has 0 aliphatic carbocycles. The van der Waals surface area contributed by atoms with Crippen LogP contribution >= 0.6 is 0 Å². The number of nitrogens with zero attached hydrogens (tertiary/aromatic N) is 1. The quantitative estimate of drug-likeness (QED) is 0.731. The predicted octanol–water partition coefficient (Wildman–Crippen LogP) is 0.669. The van der Waals surface area contributed by atoms with Crippen molar-refractivity contribution in [1.82, 2.24) is 4.98 Å². The molecule has 0 fully saturated rings. The number of ether oxygens (including phenoxy) is 1. The van der Waals surface area contributed by atoms with Crippen LogP contribution in [0.2, 0.25) is 0 Å². The van der Waals surface area contributed by atoms with Gasteiger partial charge < -0.3 is 15.2 Å². The zero-order chi connectivity index (χ0) is 12.0. The van der Waals surface area contributed by atoms with Gasteiger partial charge in [-0.3, -0.25) is 4.79 Å². The molecule has 6 nitrogen and oxygen atoms in total. The minimum atomic E-state index is -1.19. The Morgan fingerprint density at radius 2 is 2.25 bits per heavy atom. The van der Waals surface area contributed by atoms with E-state index in [1.807, 2.05) is 0 Å². The van der Waals surface area contributed by atoms with Gasteiger partial charge in [0.15, 0.2) is 11.6 Å². The summed E-state index contributed by atoms with van der Waals surface area (Å²) in [6.45, 7) is 0. The number of methoxy groups -OCH3 is 1. The lowest BCUT2D eigenvalue weighted by Crippen LogP contribution is -2.10. The SMILES string of the molecule is COc1cccnc1NC(=O)/C=C/C(=O)O. The van der Waals surface area contributed by atoms with Crippen LogP contribution < -0.4 is 10.1 Å². The van der Waals surface area contributed by atoms with Gasteiger partial charge in [-0.05, 0) is 12.1 Å². The summed E-state index contributed by atoms with van der Waals surface area (Å²) >= 11 is 0. The van der Waals surface area contributed by atoms with Gasteiger partial charge in [0.25, 0.3) is 0 Å².